The Morgan fingerprint density at radius 1 is 1.11 bits per heavy atom. The van der Waals surface area contributed by atoms with Crippen LogP contribution in [0.2, 0.25) is 5.02 Å². The minimum atomic E-state index is -0.251. The molecule has 2 N–H and O–H groups in total. The number of halogens is 1. The van der Waals surface area contributed by atoms with Crippen molar-refractivity contribution < 1.29 is 4.79 Å². The highest BCUT2D eigenvalue weighted by molar-refractivity contribution is 6.30. The van der Waals surface area contributed by atoms with Gasteiger partial charge in [0.1, 0.15) is 0 Å². The van der Waals surface area contributed by atoms with Crippen molar-refractivity contribution in [3.63, 3.8) is 0 Å². The van der Waals surface area contributed by atoms with Gasteiger partial charge in [-0.25, -0.2) is 4.79 Å². The van der Waals surface area contributed by atoms with Gasteiger partial charge in [-0.05, 0) is 30.7 Å². The van der Waals surface area contributed by atoms with E-state index in [1.807, 2.05) is 37.3 Å². The van der Waals surface area contributed by atoms with E-state index in [0.29, 0.717) is 10.7 Å². The molecule has 2 aromatic carbocycles. The molecule has 0 radical (unpaired) electrons. The van der Waals surface area contributed by atoms with Gasteiger partial charge in [0.15, 0.2) is 0 Å². The first kappa shape index (κ1) is 13.4. The van der Waals surface area contributed by atoms with Gasteiger partial charge in [-0.3, -0.25) is 0 Å². The number of hydrogen-bond acceptors (Lipinski definition) is 1. The summed E-state index contributed by atoms with van der Waals surface area (Å²) in [6.07, 6.45) is 0. The van der Waals surface area contributed by atoms with E-state index in [4.69, 9.17) is 11.6 Å². The monoisotopic (exact) mass is 274 g/mol. The van der Waals surface area contributed by atoms with Crippen LogP contribution in [0.25, 0.3) is 0 Å². The minimum absolute atomic E-state index is 0.0552. The molecule has 2 amide bonds. The molecule has 0 spiro atoms. The third-order valence-electron chi connectivity index (χ3n) is 2.73. The van der Waals surface area contributed by atoms with Gasteiger partial charge in [0.2, 0.25) is 0 Å². The van der Waals surface area contributed by atoms with Crippen LogP contribution in [-0.4, -0.2) is 6.03 Å². The Morgan fingerprint density at radius 2 is 1.84 bits per heavy atom. The van der Waals surface area contributed by atoms with Gasteiger partial charge >= 0.3 is 6.03 Å². The molecule has 0 aromatic heterocycles. The van der Waals surface area contributed by atoms with E-state index in [9.17, 15) is 4.79 Å². The predicted octanol–water partition coefficient (Wildman–Crippen LogP) is 4.22. The van der Waals surface area contributed by atoms with Gasteiger partial charge < -0.3 is 10.6 Å². The Labute approximate surface area is 117 Å². The first-order valence-electron chi connectivity index (χ1n) is 6.03. The third-order valence-corrected chi connectivity index (χ3v) is 2.96. The molecule has 0 unspecified atom stereocenters. The summed E-state index contributed by atoms with van der Waals surface area (Å²) in [7, 11) is 0. The van der Waals surface area contributed by atoms with E-state index >= 15 is 0 Å². The standard InChI is InChI=1S/C15H15ClN2O/c1-11(12-6-3-2-4-7-12)17-15(19)18-14-9-5-8-13(16)10-14/h2-11H,1H3,(H2,17,18,19)/t11-/m1/s1. The Balaban J connectivity index is 1.95. The van der Waals surface area contributed by atoms with E-state index < -0.39 is 0 Å². The average molecular weight is 275 g/mol. The second-order valence-corrected chi connectivity index (χ2v) is 4.68. The van der Waals surface area contributed by atoms with Crippen LogP contribution < -0.4 is 10.6 Å². The molecule has 0 fully saturated rings. The fourth-order valence-electron chi connectivity index (χ4n) is 1.76. The molecule has 0 aliphatic rings. The van der Waals surface area contributed by atoms with Crippen molar-refractivity contribution in [3.8, 4) is 0 Å². The van der Waals surface area contributed by atoms with Crippen LogP contribution in [-0.2, 0) is 0 Å². The zero-order valence-corrected chi connectivity index (χ0v) is 11.3. The lowest BCUT2D eigenvalue weighted by atomic mass is 10.1. The molecule has 98 valence electrons. The number of carbonyl (C=O) groups is 1. The van der Waals surface area contributed by atoms with Gasteiger partial charge in [-0.2, -0.15) is 0 Å². The highest BCUT2D eigenvalue weighted by atomic mass is 35.5. The molecule has 19 heavy (non-hydrogen) atoms. The first-order chi connectivity index (χ1) is 9.15. The number of carbonyl (C=O) groups excluding carboxylic acids is 1. The Bertz CT molecular complexity index is 557. The maximum absolute atomic E-state index is 11.8. The largest absolute Gasteiger partial charge is 0.331 e. The molecule has 0 aliphatic carbocycles. The van der Waals surface area contributed by atoms with Crippen molar-refractivity contribution >= 4 is 23.3 Å². The van der Waals surface area contributed by atoms with Crippen LogP contribution in [0.1, 0.15) is 18.5 Å². The Morgan fingerprint density at radius 3 is 2.53 bits per heavy atom. The quantitative estimate of drug-likeness (QED) is 0.864. The van der Waals surface area contributed by atoms with Crippen LogP contribution in [0.15, 0.2) is 54.6 Å². The number of rotatable bonds is 3. The van der Waals surface area contributed by atoms with Crippen LogP contribution in [0.4, 0.5) is 10.5 Å². The molecule has 3 nitrogen and oxygen atoms in total. The van der Waals surface area contributed by atoms with Crippen molar-refractivity contribution in [2.24, 2.45) is 0 Å². The second-order valence-electron chi connectivity index (χ2n) is 4.24. The Hall–Kier alpha value is -2.00. The predicted molar refractivity (Wildman–Crippen MR) is 78.5 cm³/mol. The lowest BCUT2D eigenvalue weighted by molar-refractivity contribution is 0.249. The fraction of sp³-hybridized carbons (Fsp3) is 0.133. The molecule has 0 saturated carbocycles. The third kappa shape index (κ3) is 4.00. The zero-order chi connectivity index (χ0) is 13.7. The van der Waals surface area contributed by atoms with Crippen LogP contribution in [0.5, 0.6) is 0 Å². The van der Waals surface area contributed by atoms with Crippen molar-refractivity contribution in [1.82, 2.24) is 5.32 Å². The number of benzene rings is 2. The number of hydrogen-bond donors (Lipinski definition) is 2. The van der Waals surface area contributed by atoms with E-state index in [2.05, 4.69) is 10.6 Å². The summed E-state index contributed by atoms with van der Waals surface area (Å²) >= 11 is 5.86. The number of amides is 2. The SMILES string of the molecule is C[C@@H](NC(=O)Nc1cccc(Cl)c1)c1ccccc1. The molecule has 2 rings (SSSR count). The summed E-state index contributed by atoms with van der Waals surface area (Å²) in [5, 5.41) is 6.21. The number of anilines is 1. The fourth-order valence-corrected chi connectivity index (χ4v) is 1.95. The van der Waals surface area contributed by atoms with Gasteiger partial charge in [-0.1, -0.05) is 48.0 Å². The van der Waals surface area contributed by atoms with Crippen LogP contribution >= 0.6 is 11.6 Å². The van der Waals surface area contributed by atoms with E-state index in [1.54, 1.807) is 24.3 Å². The highest BCUT2D eigenvalue weighted by Gasteiger charge is 2.08. The molecule has 0 saturated heterocycles. The lowest BCUT2D eigenvalue weighted by Crippen LogP contribution is -2.31. The van der Waals surface area contributed by atoms with Crippen molar-refractivity contribution in [2.45, 2.75) is 13.0 Å². The summed E-state index contributed by atoms with van der Waals surface area (Å²) in [4.78, 5) is 11.8. The summed E-state index contributed by atoms with van der Waals surface area (Å²) < 4.78 is 0. The second kappa shape index (κ2) is 6.25. The summed E-state index contributed by atoms with van der Waals surface area (Å²) in [6, 6.07) is 16.5. The average Bonchev–Trinajstić information content (AvgIpc) is 2.39. The molecule has 1 atom stereocenters. The van der Waals surface area contributed by atoms with Gasteiger partial charge in [0.05, 0.1) is 6.04 Å². The molecule has 4 heteroatoms. The van der Waals surface area contributed by atoms with Crippen LogP contribution in [0.3, 0.4) is 0 Å². The van der Waals surface area contributed by atoms with Gasteiger partial charge in [0.25, 0.3) is 0 Å². The molecular formula is C15H15ClN2O. The van der Waals surface area contributed by atoms with Gasteiger partial charge in [-0.15, -0.1) is 0 Å². The molecular weight excluding hydrogens is 260 g/mol. The Kier molecular flexibility index (Phi) is 4.42. The minimum Gasteiger partial charge on any atom is -0.331 e. The highest BCUT2D eigenvalue weighted by Crippen LogP contribution is 2.15. The summed E-state index contributed by atoms with van der Waals surface area (Å²) in [5.74, 6) is 0. The lowest BCUT2D eigenvalue weighted by Gasteiger charge is -2.15. The normalized spacial score (nSPS) is 11.7. The summed E-state index contributed by atoms with van der Waals surface area (Å²) in [6.45, 7) is 1.94. The smallest absolute Gasteiger partial charge is 0.319 e. The molecule has 0 aliphatic heterocycles. The molecule has 0 bridgehead atoms. The van der Waals surface area contributed by atoms with Crippen LogP contribution in [0, 0.1) is 0 Å². The summed E-state index contributed by atoms with van der Waals surface area (Å²) in [5.41, 5.74) is 1.73. The van der Waals surface area contributed by atoms with Crippen molar-refractivity contribution in [1.29, 1.82) is 0 Å². The maximum Gasteiger partial charge on any atom is 0.319 e. The molecule has 2 aromatic rings. The zero-order valence-electron chi connectivity index (χ0n) is 10.6. The first-order valence-corrected chi connectivity index (χ1v) is 6.41. The van der Waals surface area contributed by atoms with Crippen molar-refractivity contribution in [3.05, 3.63) is 65.2 Å². The topological polar surface area (TPSA) is 41.1 Å². The molecule has 0 heterocycles. The van der Waals surface area contributed by atoms with Gasteiger partial charge in [0, 0.05) is 10.7 Å². The maximum atomic E-state index is 11.8. The van der Waals surface area contributed by atoms with E-state index in [1.165, 1.54) is 0 Å². The van der Waals surface area contributed by atoms with E-state index in [0.717, 1.165) is 5.56 Å². The van der Waals surface area contributed by atoms with Crippen molar-refractivity contribution in [2.75, 3.05) is 5.32 Å². The number of nitrogens with one attached hydrogen (secondary N) is 2. The number of urea groups is 1. The van der Waals surface area contributed by atoms with E-state index in [-0.39, 0.29) is 12.1 Å².